The summed E-state index contributed by atoms with van der Waals surface area (Å²) in [5, 5.41) is 0. The quantitative estimate of drug-likeness (QED) is 0.600. The van der Waals surface area contributed by atoms with E-state index in [1.807, 2.05) is 0 Å². The van der Waals surface area contributed by atoms with Crippen LogP contribution in [0.15, 0.2) is 17.0 Å². The molecule has 0 bridgehead atoms. The zero-order valence-electron chi connectivity index (χ0n) is 12.0. The molecule has 1 amide bonds. The van der Waals surface area contributed by atoms with Gasteiger partial charge in [-0.1, -0.05) is 0 Å². The molecule has 23 heavy (non-hydrogen) atoms. The molecule has 0 fully saturated rings. The van der Waals surface area contributed by atoms with Crippen LogP contribution >= 0.6 is 0 Å². The number of benzene rings is 1. The topological polar surface area (TPSA) is 63.7 Å². The second-order valence-corrected chi connectivity index (χ2v) is 6.32. The Hall–Kier alpha value is -1.84. The Morgan fingerprint density at radius 1 is 1.17 bits per heavy atom. The smallest absolute Gasteiger partial charge is 0.471 e. The number of methoxy groups -OCH3 is 1. The van der Waals surface area contributed by atoms with Crippen LogP contribution in [0.25, 0.3) is 0 Å². The molecule has 0 unspecified atom stereocenters. The van der Waals surface area contributed by atoms with Crippen molar-refractivity contribution in [1.29, 1.82) is 0 Å². The first kappa shape index (κ1) is 17.5. The van der Waals surface area contributed by atoms with Gasteiger partial charge in [-0.2, -0.15) is 21.6 Å². The van der Waals surface area contributed by atoms with Gasteiger partial charge in [-0.05, 0) is 36.1 Å². The van der Waals surface area contributed by atoms with Crippen LogP contribution in [0.5, 0.6) is 5.75 Å². The number of ether oxygens (including phenoxy) is 1. The monoisotopic (exact) mass is 355 g/mol. The Kier molecular flexibility index (Phi) is 4.56. The van der Waals surface area contributed by atoms with Gasteiger partial charge in [0.1, 0.15) is 10.6 Å². The van der Waals surface area contributed by atoms with Gasteiger partial charge in [0.15, 0.2) is 0 Å². The van der Waals surface area contributed by atoms with Crippen LogP contribution in [-0.4, -0.2) is 45.6 Å². The van der Waals surface area contributed by atoms with Crippen LogP contribution in [0.2, 0.25) is 0 Å². The molecule has 1 aromatic rings. The summed E-state index contributed by atoms with van der Waals surface area (Å²) in [7, 11) is -3.87. The molecule has 128 valence electrons. The van der Waals surface area contributed by atoms with Gasteiger partial charge < -0.3 is 9.64 Å². The molecule has 0 radical (unpaired) electrons. The summed E-state index contributed by atoms with van der Waals surface area (Å²) in [5.41, 5.74) is 0.895. The molecule has 0 N–H and O–H groups in total. The molecule has 2 rings (SSSR count). The molecule has 0 spiro atoms. The number of nitrogens with zero attached hydrogens (tertiary/aromatic N) is 1. The number of alkyl halides is 3. The third kappa shape index (κ3) is 3.74. The maximum absolute atomic E-state index is 13.3. The molecule has 5 nitrogen and oxygen atoms in total. The predicted molar refractivity (Wildman–Crippen MR) is 71.3 cm³/mol. The first-order chi connectivity index (χ1) is 10.5. The van der Waals surface area contributed by atoms with Gasteiger partial charge in [-0.3, -0.25) is 4.79 Å². The lowest BCUT2D eigenvalue weighted by molar-refractivity contribution is -0.185. The third-order valence-corrected chi connectivity index (χ3v) is 4.42. The van der Waals surface area contributed by atoms with Gasteiger partial charge in [0, 0.05) is 13.1 Å². The molecule has 1 aliphatic heterocycles. The molecule has 0 aliphatic carbocycles. The lowest BCUT2D eigenvalue weighted by Gasteiger charge is -2.21. The van der Waals surface area contributed by atoms with Crippen LogP contribution in [0.1, 0.15) is 11.1 Å². The molecule has 1 aromatic carbocycles. The second kappa shape index (κ2) is 5.99. The molecular weight excluding hydrogens is 342 g/mol. The summed E-state index contributed by atoms with van der Waals surface area (Å²) in [5.74, 6) is -2.17. The highest BCUT2D eigenvalue weighted by atomic mass is 32.3. The summed E-state index contributed by atoms with van der Waals surface area (Å²) in [6.45, 7) is -0.403. The van der Waals surface area contributed by atoms with Crippen molar-refractivity contribution in [3.05, 3.63) is 23.3 Å². The maximum atomic E-state index is 13.3. The minimum absolute atomic E-state index is 0.0103. The fourth-order valence-electron chi connectivity index (χ4n) is 2.46. The highest BCUT2D eigenvalue weighted by Gasteiger charge is 2.42. The van der Waals surface area contributed by atoms with Crippen LogP contribution in [0.4, 0.5) is 17.1 Å². The van der Waals surface area contributed by atoms with Gasteiger partial charge in [0.25, 0.3) is 0 Å². The van der Waals surface area contributed by atoms with Gasteiger partial charge in [0.2, 0.25) is 0 Å². The number of carbonyl (C=O) groups excluding carboxylic acids is 1. The number of hydrogen-bond donors (Lipinski definition) is 0. The Labute approximate surface area is 130 Å². The van der Waals surface area contributed by atoms with Crippen molar-refractivity contribution in [2.45, 2.75) is 23.9 Å². The van der Waals surface area contributed by atoms with E-state index in [1.165, 1.54) is 6.07 Å². The molecule has 0 aromatic heterocycles. The Balaban J connectivity index is 2.36. The first-order valence-corrected chi connectivity index (χ1v) is 7.93. The lowest BCUT2D eigenvalue weighted by atomic mass is 10.0. The van der Waals surface area contributed by atoms with E-state index in [-0.39, 0.29) is 31.7 Å². The summed E-state index contributed by atoms with van der Waals surface area (Å²) >= 11 is 0. The number of fused-ring (bicyclic) bond motifs is 1. The molecule has 0 saturated heterocycles. The average molecular weight is 355 g/mol. The maximum Gasteiger partial charge on any atom is 0.471 e. The van der Waals surface area contributed by atoms with Crippen molar-refractivity contribution in [3.63, 3.8) is 0 Å². The van der Waals surface area contributed by atoms with Gasteiger partial charge in [0.05, 0.1) is 7.11 Å². The lowest BCUT2D eigenvalue weighted by Crippen LogP contribution is -2.42. The number of carbonyl (C=O) groups is 1. The van der Waals surface area contributed by atoms with Gasteiger partial charge >= 0.3 is 22.3 Å². The van der Waals surface area contributed by atoms with E-state index in [9.17, 15) is 30.3 Å². The van der Waals surface area contributed by atoms with Gasteiger partial charge in [-0.25, -0.2) is 0 Å². The Morgan fingerprint density at radius 3 is 2.13 bits per heavy atom. The fourth-order valence-corrected chi connectivity index (χ4v) is 3.13. The van der Waals surface area contributed by atoms with E-state index in [2.05, 4.69) is 0 Å². The Morgan fingerprint density at radius 2 is 1.70 bits per heavy atom. The summed E-state index contributed by atoms with van der Waals surface area (Å²) in [6, 6.07) is 2.33. The number of hydrogen-bond acceptors (Lipinski definition) is 4. The minimum atomic E-state index is -5.03. The zero-order chi connectivity index (χ0) is 17.4. The molecule has 0 atom stereocenters. The highest BCUT2D eigenvalue weighted by molar-refractivity contribution is 7.86. The fraction of sp³-hybridized carbons (Fsp3) is 0.462. The largest absolute Gasteiger partial charge is 0.495 e. The van der Waals surface area contributed by atoms with Crippen LogP contribution < -0.4 is 4.74 Å². The summed E-state index contributed by atoms with van der Waals surface area (Å²) < 4.78 is 77.8. The van der Waals surface area contributed by atoms with E-state index in [1.54, 1.807) is 0 Å². The number of rotatable bonds is 2. The SMILES string of the molecule is COc1cc2c(cc1S(=O)(=O)F)CCN(C(=O)C(F)(F)F)CC2. The first-order valence-electron chi connectivity index (χ1n) is 6.54. The second-order valence-electron chi connectivity index (χ2n) is 5.00. The van der Waals surface area contributed by atoms with Crippen molar-refractivity contribution in [3.8, 4) is 5.75 Å². The Bertz CT molecular complexity index is 730. The summed E-state index contributed by atoms with van der Waals surface area (Å²) in [4.78, 5) is 11.3. The van der Waals surface area contributed by atoms with Crippen LogP contribution in [0, 0.1) is 0 Å². The van der Waals surface area contributed by atoms with Crippen molar-refractivity contribution >= 4 is 16.1 Å². The third-order valence-electron chi connectivity index (χ3n) is 3.58. The molecular formula is C13H13F4NO4S. The molecule has 10 heteroatoms. The number of amides is 1. The van der Waals surface area contributed by atoms with E-state index in [0.717, 1.165) is 13.2 Å². The predicted octanol–water partition coefficient (Wildman–Crippen LogP) is 1.84. The van der Waals surface area contributed by atoms with E-state index < -0.39 is 27.2 Å². The van der Waals surface area contributed by atoms with E-state index in [0.29, 0.717) is 16.0 Å². The zero-order valence-corrected chi connectivity index (χ0v) is 12.8. The minimum Gasteiger partial charge on any atom is -0.495 e. The summed E-state index contributed by atoms with van der Waals surface area (Å²) in [6.07, 6.45) is -4.90. The van der Waals surface area contributed by atoms with E-state index >= 15 is 0 Å². The van der Waals surface area contributed by atoms with Gasteiger partial charge in [-0.15, -0.1) is 3.89 Å². The van der Waals surface area contributed by atoms with Crippen molar-refractivity contribution in [1.82, 2.24) is 4.90 Å². The average Bonchev–Trinajstić information content (AvgIpc) is 2.65. The van der Waals surface area contributed by atoms with Crippen LogP contribution in [-0.2, 0) is 27.9 Å². The van der Waals surface area contributed by atoms with Crippen molar-refractivity contribution in [2.75, 3.05) is 20.2 Å². The molecule has 1 heterocycles. The highest BCUT2D eigenvalue weighted by Crippen LogP contribution is 2.31. The normalized spacial score (nSPS) is 15.8. The van der Waals surface area contributed by atoms with Crippen molar-refractivity contribution < 1.29 is 35.0 Å². The molecule has 0 saturated carbocycles. The molecule has 1 aliphatic rings. The van der Waals surface area contributed by atoms with E-state index in [4.69, 9.17) is 4.74 Å². The number of halogens is 4. The standard InChI is InChI=1S/C13H13F4NO4S/c1-22-10-6-8-2-4-18(12(19)13(14,15)16)5-3-9(8)7-11(10)23(17,20)21/h6-7H,2-5H2,1H3. The van der Waals surface area contributed by atoms with Crippen molar-refractivity contribution in [2.24, 2.45) is 0 Å². The van der Waals surface area contributed by atoms with Crippen LogP contribution in [0.3, 0.4) is 0 Å².